The van der Waals surface area contributed by atoms with Crippen LogP contribution in [0, 0.1) is 0 Å². The van der Waals surface area contributed by atoms with Gasteiger partial charge >= 0.3 is 0 Å². The minimum atomic E-state index is -0.585. The summed E-state index contributed by atoms with van der Waals surface area (Å²) in [5.41, 5.74) is 0.810. The predicted molar refractivity (Wildman–Crippen MR) is 135 cm³/mol. The van der Waals surface area contributed by atoms with E-state index < -0.39 is 6.04 Å². The number of nitrogens with one attached hydrogen (secondary N) is 1. The molecule has 0 fully saturated rings. The summed E-state index contributed by atoms with van der Waals surface area (Å²) in [6.45, 7) is 6.50. The fourth-order valence-corrected chi connectivity index (χ4v) is 3.73. The van der Waals surface area contributed by atoms with Crippen LogP contribution < -0.4 is 10.1 Å². The van der Waals surface area contributed by atoms with Gasteiger partial charge in [-0.1, -0.05) is 54.7 Å². The molecule has 33 heavy (non-hydrogen) atoms. The van der Waals surface area contributed by atoms with E-state index in [1.54, 1.807) is 41.3 Å². The highest BCUT2D eigenvalue weighted by molar-refractivity contribution is 6.42. The van der Waals surface area contributed by atoms with Crippen molar-refractivity contribution >= 4 is 46.6 Å². The fraction of sp³-hybridized carbons (Fsp3) is 0.440. The Morgan fingerprint density at radius 1 is 1.00 bits per heavy atom. The maximum atomic E-state index is 13.2. The van der Waals surface area contributed by atoms with Gasteiger partial charge in [-0.3, -0.25) is 9.59 Å². The SMILES string of the molecule is CC[C@H](C)NC(=O)[C@H](CC)N(Cc1ccc(Cl)c(Cl)c1)C(=O)CCCOc1ccc(Cl)cc1. The first-order valence-corrected chi connectivity index (χ1v) is 12.3. The summed E-state index contributed by atoms with van der Waals surface area (Å²) >= 11 is 18.1. The topological polar surface area (TPSA) is 58.6 Å². The molecule has 1 N–H and O–H groups in total. The van der Waals surface area contributed by atoms with E-state index >= 15 is 0 Å². The molecule has 5 nitrogen and oxygen atoms in total. The molecule has 2 rings (SSSR count). The van der Waals surface area contributed by atoms with E-state index in [1.165, 1.54) is 0 Å². The van der Waals surface area contributed by atoms with Crippen molar-refractivity contribution in [1.29, 1.82) is 0 Å². The van der Waals surface area contributed by atoms with Crippen LogP contribution in [-0.2, 0) is 16.1 Å². The van der Waals surface area contributed by atoms with E-state index in [4.69, 9.17) is 39.5 Å². The molecule has 0 aliphatic carbocycles. The second-order valence-corrected chi connectivity index (χ2v) is 9.17. The molecule has 0 bridgehead atoms. The Balaban J connectivity index is 2.09. The Morgan fingerprint density at radius 3 is 2.30 bits per heavy atom. The smallest absolute Gasteiger partial charge is 0.243 e. The number of nitrogens with zero attached hydrogens (tertiary/aromatic N) is 1. The lowest BCUT2D eigenvalue weighted by molar-refractivity contribution is -0.141. The summed E-state index contributed by atoms with van der Waals surface area (Å²) in [6.07, 6.45) is 2.08. The molecule has 2 amide bonds. The summed E-state index contributed by atoms with van der Waals surface area (Å²) in [6, 6.07) is 11.8. The predicted octanol–water partition coefficient (Wildman–Crippen LogP) is 6.53. The summed E-state index contributed by atoms with van der Waals surface area (Å²) < 4.78 is 5.70. The maximum Gasteiger partial charge on any atom is 0.243 e. The fourth-order valence-electron chi connectivity index (χ4n) is 3.28. The second kappa shape index (κ2) is 13.7. The van der Waals surface area contributed by atoms with Crippen LogP contribution in [0.3, 0.4) is 0 Å². The molecule has 0 aliphatic heterocycles. The van der Waals surface area contributed by atoms with E-state index in [2.05, 4.69) is 5.32 Å². The highest BCUT2D eigenvalue weighted by Crippen LogP contribution is 2.24. The number of hydrogen-bond acceptors (Lipinski definition) is 3. The van der Waals surface area contributed by atoms with Crippen molar-refractivity contribution in [2.75, 3.05) is 6.61 Å². The van der Waals surface area contributed by atoms with Crippen molar-refractivity contribution in [3.63, 3.8) is 0 Å². The minimum absolute atomic E-state index is 0.0289. The summed E-state index contributed by atoms with van der Waals surface area (Å²) in [5, 5.41) is 4.49. The zero-order chi connectivity index (χ0) is 24.4. The monoisotopic (exact) mass is 512 g/mol. The van der Waals surface area contributed by atoms with Gasteiger partial charge in [-0.2, -0.15) is 0 Å². The minimum Gasteiger partial charge on any atom is -0.494 e. The lowest BCUT2D eigenvalue weighted by Gasteiger charge is -2.31. The molecule has 180 valence electrons. The Hall–Kier alpha value is -1.95. The number of ether oxygens (including phenoxy) is 1. The first-order chi connectivity index (χ1) is 15.7. The lowest BCUT2D eigenvalue weighted by atomic mass is 10.1. The first kappa shape index (κ1) is 27.3. The number of amides is 2. The molecule has 2 aromatic rings. The average Bonchev–Trinajstić information content (AvgIpc) is 2.79. The van der Waals surface area contributed by atoms with Crippen LogP contribution in [0.25, 0.3) is 0 Å². The summed E-state index contributed by atoms with van der Waals surface area (Å²) in [4.78, 5) is 27.8. The van der Waals surface area contributed by atoms with Gasteiger partial charge in [-0.25, -0.2) is 0 Å². The molecule has 0 saturated carbocycles. The van der Waals surface area contributed by atoms with Crippen LogP contribution in [0.5, 0.6) is 5.75 Å². The van der Waals surface area contributed by atoms with Crippen LogP contribution in [0.15, 0.2) is 42.5 Å². The Kier molecular flexibility index (Phi) is 11.3. The zero-order valence-electron chi connectivity index (χ0n) is 19.2. The molecule has 0 saturated heterocycles. The van der Waals surface area contributed by atoms with Gasteiger partial charge in [0.2, 0.25) is 11.8 Å². The molecule has 0 aromatic heterocycles. The van der Waals surface area contributed by atoms with E-state index in [9.17, 15) is 9.59 Å². The lowest BCUT2D eigenvalue weighted by Crippen LogP contribution is -2.50. The van der Waals surface area contributed by atoms with Crippen LogP contribution in [0.2, 0.25) is 15.1 Å². The average molecular weight is 514 g/mol. The highest BCUT2D eigenvalue weighted by Gasteiger charge is 2.29. The van der Waals surface area contributed by atoms with Crippen molar-refractivity contribution in [1.82, 2.24) is 10.2 Å². The van der Waals surface area contributed by atoms with Crippen molar-refractivity contribution in [2.24, 2.45) is 0 Å². The van der Waals surface area contributed by atoms with Gasteiger partial charge in [0.15, 0.2) is 0 Å². The largest absolute Gasteiger partial charge is 0.494 e. The molecule has 0 heterocycles. The van der Waals surface area contributed by atoms with Gasteiger partial charge in [0.1, 0.15) is 11.8 Å². The molecule has 0 spiro atoms. The van der Waals surface area contributed by atoms with Crippen LogP contribution in [0.4, 0.5) is 0 Å². The number of carbonyl (C=O) groups is 2. The van der Waals surface area contributed by atoms with Crippen molar-refractivity contribution < 1.29 is 14.3 Å². The Labute approximate surface area is 211 Å². The third-order valence-corrected chi connectivity index (χ3v) is 6.33. The zero-order valence-corrected chi connectivity index (χ0v) is 21.5. The van der Waals surface area contributed by atoms with Crippen molar-refractivity contribution in [3.05, 3.63) is 63.1 Å². The molecule has 0 aliphatic rings. The molecule has 2 atom stereocenters. The molecular weight excluding hydrogens is 483 g/mol. The van der Waals surface area contributed by atoms with Crippen LogP contribution >= 0.6 is 34.8 Å². The number of rotatable bonds is 12. The van der Waals surface area contributed by atoms with E-state index in [-0.39, 0.29) is 30.8 Å². The molecule has 8 heteroatoms. The van der Waals surface area contributed by atoms with Crippen LogP contribution in [0.1, 0.15) is 52.0 Å². The number of carbonyl (C=O) groups excluding carboxylic acids is 2. The normalized spacial score (nSPS) is 12.7. The van der Waals surface area contributed by atoms with E-state index in [1.807, 2.05) is 26.8 Å². The molecule has 0 unspecified atom stereocenters. The third kappa shape index (κ3) is 8.73. The number of halogens is 3. The third-order valence-electron chi connectivity index (χ3n) is 5.34. The van der Waals surface area contributed by atoms with Crippen molar-refractivity contribution in [2.45, 2.75) is 65.1 Å². The summed E-state index contributed by atoms with van der Waals surface area (Å²) in [5.74, 6) is 0.420. The molecular formula is C25H31Cl3N2O3. The van der Waals surface area contributed by atoms with Gasteiger partial charge in [-0.05, 0) is 68.1 Å². The van der Waals surface area contributed by atoms with Gasteiger partial charge < -0.3 is 15.0 Å². The van der Waals surface area contributed by atoms with Crippen molar-refractivity contribution in [3.8, 4) is 5.75 Å². The Morgan fingerprint density at radius 2 is 1.70 bits per heavy atom. The quantitative estimate of drug-likeness (QED) is 0.328. The molecule has 0 radical (unpaired) electrons. The van der Waals surface area contributed by atoms with Gasteiger partial charge in [0.05, 0.1) is 16.7 Å². The standard InChI is InChI=1S/C25H31Cl3N2O3/c1-4-17(3)29-25(32)23(5-2)30(16-18-8-13-21(27)22(28)15-18)24(31)7-6-14-33-20-11-9-19(26)10-12-20/h8-13,15,17,23H,4-7,14,16H2,1-3H3,(H,29,32)/t17-,23-/m0/s1. The number of benzene rings is 2. The number of hydrogen-bond donors (Lipinski definition) is 1. The highest BCUT2D eigenvalue weighted by atomic mass is 35.5. The first-order valence-electron chi connectivity index (χ1n) is 11.2. The van der Waals surface area contributed by atoms with Gasteiger partial charge in [0, 0.05) is 24.0 Å². The van der Waals surface area contributed by atoms with Crippen LogP contribution in [-0.4, -0.2) is 35.4 Å². The Bertz CT molecular complexity index is 922. The second-order valence-electron chi connectivity index (χ2n) is 7.92. The summed E-state index contributed by atoms with van der Waals surface area (Å²) in [7, 11) is 0. The van der Waals surface area contributed by atoms with E-state index in [0.717, 1.165) is 12.0 Å². The van der Waals surface area contributed by atoms with Gasteiger partial charge in [-0.15, -0.1) is 0 Å². The maximum absolute atomic E-state index is 13.2. The molecule has 2 aromatic carbocycles. The van der Waals surface area contributed by atoms with E-state index in [0.29, 0.717) is 40.3 Å². The van der Waals surface area contributed by atoms with Gasteiger partial charge in [0.25, 0.3) is 0 Å².